The minimum absolute atomic E-state index is 0.132. The van der Waals surface area contributed by atoms with E-state index in [4.69, 9.17) is 9.98 Å². The van der Waals surface area contributed by atoms with E-state index in [1.807, 2.05) is 12.2 Å². The molecule has 2 unspecified atom stereocenters. The lowest BCUT2D eigenvalue weighted by Gasteiger charge is -2.22. The van der Waals surface area contributed by atoms with Crippen LogP contribution in [0, 0.1) is 0 Å². The van der Waals surface area contributed by atoms with E-state index in [1.54, 1.807) is 0 Å². The highest BCUT2D eigenvalue weighted by atomic mass is 15.1. The van der Waals surface area contributed by atoms with Gasteiger partial charge in [0.15, 0.2) is 5.84 Å². The van der Waals surface area contributed by atoms with Crippen molar-refractivity contribution >= 4 is 17.3 Å². The van der Waals surface area contributed by atoms with Crippen molar-refractivity contribution in [1.29, 1.82) is 0 Å². The summed E-state index contributed by atoms with van der Waals surface area (Å²) in [6.45, 7) is 2.12. The maximum Gasteiger partial charge on any atom is 0.174 e. The first kappa shape index (κ1) is 9.95. The Balaban J connectivity index is 1.88. The van der Waals surface area contributed by atoms with Crippen molar-refractivity contribution in [1.82, 2.24) is 0 Å². The predicted molar refractivity (Wildman–Crippen MR) is 74.6 cm³/mol. The molecule has 0 radical (unpaired) electrons. The van der Waals surface area contributed by atoms with Gasteiger partial charge in [-0.15, -0.1) is 0 Å². The number of fused-ring (bicyclic) bond motifs is 4. The van der Waals surface area contributed by atoms with Gasteiger partial charge in [0.25, 0.3) is 0 Å². The SMILES string of the molecule is CC1=C2C(=NC3=NC4C=CC=CC4N=C32)CC=C1. The minimum atomic E-state index is 0.132. The van der Waals surface area contributed by atoms with E-state index >= 15 is 0 Å². The van der Waals surface area contributed by atoms with E-state index in [9.17, 15) is 0 Å². The van der Waals surface area contributed by atoms with Gasteiger partial charge in [-0.05, 0) is 12.5 Å². The molecule has 88 valence electrons. The molecule has 0 N–H and O–H groups in total. The number of hydrogen-bond acceptors (Lipinski definition) is 3. The van der Waals surface area contributed by atoms with E-state index in [0.29, 0.717) is 0 Å². The normalized spacial score (nSPS) is 31.5. The van der Waals surface area contributed by atoms with Gasteiger partial charge in [-0.25, -0.2) is 4.99 Å². The van der Waals surface area contributed by atoms with Gasteiger partial charge in [0.1, 0.15) is 5.71 Å². The largest absolute Gasteiger partial charge is 0.271 e. The van der Waals surface area contributed by atoms with E-state index < -0.39 is 0 Å². The van der Waals surface area contributed by atoms with Crippen LogP contribution in [0.3, 0.4) is 0 Å². The average molecular weight is 235 g/mol. The molecule has 2 atom stereocenters. The Morgan fingerprint density at radius 1 is 1.11 bits per heavy atom. The fraction of sp³-hybridized carbons (Fsp3) is 0.267. The van der Waals surface area contributed by atoms with Gasteiger partial charge in [-0.3, -0.25) is 9.98 Å². The highest BCUT2D eigenvalue weighted by molar-refractivity contribution is 6.60. The first-order chi connectivity index (χ1) is 8.83. The Hall–Kier alpha value is -2.03. The average Bonchev–Trinajstić information content (AvgIpc) is 2.74. The molecule has 0 saturated heterocycles. The zero-order valence-electron chi connectivity index (χ0n) is 10.2. The van der Waals surface area contributed by atoms with Crippen LogP contribution in [0.2, 0.25) is 0 Å². The van der Waals surface area contributed by atoms with Crippen LogP contribution in [0.15, 0.2) is 62.6 Å². The van der Waals surface area contributed by atoms with Crippen molar-refractivity contribution in [3.05, 3.63) is 47.6 Å². The van der Waals surface area contributed by atoms with Gasteiger partial charge in [0.2, 0.25) is 0 Å². The van der Waals surface area contributed by atoms with Gasteiger partial charge in [0.05, 0.1) is 17.8 Å². The summed E-state index contributed by atoms with van der Waals surface area (Å²) in [5, 5.41) is 0. The third kappa shape index (κ3) is 1.27. The topological polar surface area (TPSA) is 37.1 Å². The molecule has 2 aliphatic carbocycles. The molecule has 0 bridgehead atoms. The summed E-state index contributed by atoms with van der Waals surface area (Å²) in [5.74, 6) is 0.823. The molecule has 3 heteroatoms. The fourth-order valence-electron chi connectivity index (χ4n) is 2.80. The van der Waals surface area contributed by atoms with Crippen LogP contribution in [-0.4, -0.2) is 29.3 Å². The van der Waals surface area contributed by atoms with Crippen molar-refractivity contribution in [2.75, 3.05) is 0 Å². The Morgan fingerprint density at radius 3 is 2.72 bits per heavy atom. The molecule has 4 rings (SSSR count). The predicted octanol–water partition coefficient (Wildman–Crippen LogP) is 2.43. The fourth-order valence-corrected chi connectivity index (χ4v) is 2.80. The Morgan fingerprint density at radius 2 is 1.89 bits per heavy atom. The summed E-state index contributed by atoms with van der Waals surface area (Å²) in [6, 6.07) is 0.279. The summed E-state index contributed by atoms with van der Waals surface area (Å²) < 4.78 is 0. The van der Waals surface area contributed by atoms with Crippen molar-refractivity contribution in [2.45, 2.75) is 25.4 Å². The smallest absolute Gasteiger partial charge is 0.174 e. The third-order valence-corrected chi connectivity index (χ3v) is 3.68. The second-order valence-corrected chi connectivity index (χ2v) is 4.90. The molecule has 3 nitrogen and oxygen atoms in total. The van der Waals surface area contributed by atoms with Crippen LogP contribution < -0.4 is 0 Å². The highest BCUT2D eigenvalue weighted by Gasteiger charge is 2.34. The van der Waals surface area contributed by atoms with Crippen LogP contribution in [-0.2, 0) is 0 Å². The molecule has 0 spiro atoms. The van der Waals surface area contributed by atoms with Crippen molar-refractivity contribution in [2.24, 2.45) is 15.0 Å². The number of rotatable bonds is 0. The molecule has 2 aliphatic heterocycles. The quantitative estimate of drug-likeness (QED) is 0.618. The molecule has 0 aromatic heterocycles. The molecule has 0 saturated carbocycles. The van der Waals surface area contributed by atoms with Crippen LogP contribution >= 0.6 is 0 Å². The van der Waals surface area contributed by atoms with Gasteiger partial charge in [-0.1, -0.05) is 36.5 Å². The Kier molecular flexibility index (Phi) is 1.92. The zero-order valence-corrected chi connectivity index (χ0v) is 10.2. The molecule has 0 aromatic carbocycles. The second kappa shape index (κ2) is 3.48. The van der Waals surface area contributed by atoms with E-state index in [2.05, 4.69) is 36.2 Å². The lowest BCUT2D eigenvalue weighted by atomic mass is 9.93. The standard InChI is InChI=1S/C15H13N3/c1-9-5-4-8-12-13(9)14-15(18-12)17-11-7-3-2-6-10(11)16-14/h2-7,10-11H,8H2,1H3. The maximum absolute atomic E-state index is 4.84. The maximum atomic E-state index is 4.84. The number of nitrogens with zero attached hydrogens (tertiary/aromatic N) is 3. The van der Waals surface area contributed by atoms with Crippen molar-refractivity contribution in [3.8, 4) is 0 Å². The number of aliphatic imine (C=N–C) groups is 3. The molecule has 0 fully saturated rings. The lowest BCUT2D eigenvalue weighted by molar-refractivity contribution is 0.696. The van der Waals surface area contributed by atoms with Crippen molar-refractivity contribution < 1.29 is 0 Å². The monoisotopic (exact) mass is 235 g/mol. The first-order valence-electron chi connectivity index (χ1n) is 6.29. The molecule has 0 amide bonds. The highest BCUT2D eigenvalue weighted by Crippen LogP contribution is 2.29. The molecule has 2 heterocycles. The molecule has 0 aromatic rings. The van der Waals surface area contributed by atoms with Gasteiger partial charge in [0, 0.05) is 12.0 Å². The second-order valence-electron chi connectivity index (χ2n) is 4.90. The number of allylic oxidation sites excluding steroid dienone is 5. The Labute approximate surface area is 106 Å². The molecular formula is C15H13N3. The third-order valence-electron chi connectivity index (χ3n) is 3.68. The van der Waals surface area contributed by atoms with E-state index in [-0.39, 0.29) is 12.1 Å². The lowest BCUT2D eigenvalue weighted by Crippen LogP contribution is -2.30. The van der Waals surface area contributed by atoms with Crippen LogP contribution in [0.25, 0.3) is 0 Å². The summed E-state index contributed by atoms with van der Waals surface area (Å²) in [4.78, 5) is 14.2. The molecule has 18 heavy (non-hydrogen) atoms. The summed E-state index contributed by atoms with van der Waals surface area (Å²) in [5.41, 5.74) is 4.57. The first-order valence-corrected chi connectivity index (χ1v) is 6.29. The van der Waals surface area contributed by atoms with Crippen LogP contribution in [0.4, 0.5) is 0 Å². The number of hydrogen-bond donors (Lipinski definition) is 0. The van der Waals surface area contributed by atoms with E-state index in [0.717, 1.165) is 23.7 Å². The van der Waals surface area contributed by atoms with E-state index in [1.165, 1.54) is 11.1 Å². The summed E-state index contributed by atoms with van der Waals surface area (Å²) in [6.07, 6.45) is 13.5. The van der Waals surface area contributed by atoms with Gasteiger partial charge in [-0.2, -0.15) is 0 Å². The van der Waals surface area contributed by atoms with Crippen LogP contribution in [0.5, 0.6) is 0 Å². The zero-order chi connectivity index (χ0) is 12.1. The van der Waals surface area contributed by atoms with Crippen molar-refractivity contribution in [3.63, 3.8) is 0 Å². The number of amidine groups is 1. The molecular weight excluding hydrogens is 222 g/mol. The Bertz CT molecular complexity index is 639. The summed E-state index contributed by atoms with van der Waals surface area (Å²) in [7, 11) is 0. The molecule has 4 aliphatic rings. The minimum Gasteiger partial charge on any atom is -0.271 e. The van der Waals surface area contributed by atoms with Crippen LogP contribution in [0.1, 0.15) is 13.3 Å². The van der Waals surface area contributed by atoms with Gasteiger partial charge >= 0.3 is 0 Å². The van der Waals surface area contributed by atoms with Gasteiger partial charge < -0.3 is 0 Å². The summed E-state index contributed by atoms with van der Waals surface area (Å²) >= 11 is 0.